The quantitative estimate of drug-likeness (QED) is 0.684. The fourth-order valence-electron chi connectivity index (χ4n) is 1.52. The first-order chi connectivity index (χ1) is 7.27. The molecule has 0 bridgehead atoms. The number of hydrogen-bond acceptors (Lipinski definition) is 2. The Balaban J connectivity index is 2.38. The zero-order chi connectivity index (χ0) is 12.4. The number of urea groups is 1. The maximum Gasteiger partial charge on any atom is 0.405 e. The van der Waals surface area contributed by atoms with Crippen molar-refractivity contribution in [1.29, 1.82) is 0 Å². The van der Waals surface area contributed by atoms with Crippen LogP contribution in [-0.4, -0.2) is 30.8 Å². The minimum Gasteiger partial charge on any atom is -0.331 e. The second-order valence-corrected chi connectivity index (χ2v) is 4.32. The molecule has 0 aromatic heterocycles. The van der Waals surface area contributed by atoms with Gasteiger partial charge < -0.3 is 16.4 Å². The van der Waals surface area contributed by atoms with Crippen molar-refractivity contribution < 1.29 is 18.0 Å². The number of carbonyl (C=O) groups is 1. The summed E-state index contributed by atoms with van der Waals surface area (Å²) in [6, 6.07) is -0.822. The number of nitrogens with one attached hydrogen (secondary N) is 2. The van der Waals surface area contributed by atoms with Crippen molar-refractivity contribution in [2.75, 3.05) is 13.1 Å². The van der Waals surface area contributed by atoms with Gasteiger partial charge in [0.15, 0.2) is 0 Å². The average Bonchev–Trinajstić information content (AvgIpc) is 2.96. The molecule has 1 unspecified atom stereocenters. The molecule has 1 aliphatic rings. The van der Waals surface area contributed by atoms with E-state index in [1.807, 2.05) is 0 Å². The summed E-state index contributed by atoms with van der Waals surface area (Å²) in [6.45, 7) is 0.638. The van der Waals surface area contributed by atoms with Gasteiger partial charge in [-0.2, -0.15) is 13.2 Å². The highest BCUT2D eigenvalue weighted by atomic mass is 19.4. The first kappa shape index (κ1) is 13.1. The van der Waals surface area contributed by atoms with Crippen molar-refractivity contribution in [3.63, 3.8) is 0 Å². The van der Waals surface area contributed by atoms with Crippen molar-refractivity contribution in [3.05, 3.63) is 0 Å². The third-order valence-electron chi connectivity index (χ3n) is 2.75. The van der Waals surface area contributed by atoms with Crippen LogP contribution in [0.1, 0.15) is 19.8 Å². The fraction of sp³-hybridized carbons (Fsp3) is 0.889. The zero-order valence-corrected chi connectivity index (χ0v) is 9.03. The van der Waals surface area contributed by atoms with Crippen LogP contribution in [0, 0.1) is 5.92 Å². The maximum absolute atomic E-state index is 11.8. The first-order valence-electron chi connectivity index (χ1n) is 5.10. The van der Waals surface area contributed by atoms with Gasteiger partial charge in [-0.3, -0.25) is 0 Å². The van der Waals surface area contributed by atoms with Crippen LogP contribution in [0.4, 0.5) is 18.0 Å². The van der Waals surface area contributed by atoms with Crippen LogP contribution >= 0.6 is 0 Å². The first-order valence-corrected chi connectivity index (χ1v) is 5.10. The van der Waals surface area contributed by atoms with E-state index in [0.717, 1.165) is 12.8 Å². The summed E-state index contributed by atoms with van der Waals surface area (Å²) in [7, 11) is 0. The van der Waals surface area contributed by atoms with E-state index in [1.165, 1.54) is 0 Å². The Morgan fingerprint density at radius 3 is 2.38 bits per heavy atom. The topological polar surface area (TPSA) is 67.1 Å². The summed E-state index contributed by atoms with van der Waals surface area (Å²) < 4.78 is 35.5. The molecule has 0 aromatic rings. The smallest absolute Gasteiger partial charge is 0.331 e. The van der Waals surface area contributed by atoms with Crippen molar-refractivity contribution in [2.45, 2.75) is 31.5 Å². The van der Waals surface area contributed by atoms with E-state index in [4.69, 9.17) is 5.73 Å². The summed E-state index contributed by atoms with van der Waals surface area (Å²) in [5.41, 5.74) is 4.91. The molecule has 0 aliphatic heterocycles. The molecular formula is C9H16F3N3O. The summed E-state index contributed by atoms with van der Waals surface area (Å²) in [5, 5.41) is 4.27. The van der Waals surface area contributed by atoms with Crippen molar-refractivity contribution in [3.8, 4) is 0 Å². The average molecular weight is 239 g/mol. The minimum absolute atomic E-state index is 0.219. The van der Waals surface area contributed by atoms with Crippen molar-refractivity contribution in [2.24, 2.45) is 11.7 Å². The number of alkyl halides is 3. The van der Waals surface area contributed by atoms with E-state index < -0.39 is 24.3 Å². The predicted molar refractivity (Wildman–Crippen MR) is 52.8 cm³/mol. The van der Waals surface area contributed by atoms with Gasteiger partial charge in [0.2, 0.25) is 0 Å². The van der Waals surface area contributed by atoms with Crippen LogP contribution in [-0.2, 0) is 0 Å². The van der Waals surface area contributed by atoms with Gasteiger partial charge in [0.1, 0.15) is 6.54 Å². The van der Waals surface area contributed by atoms with Gasteiger partial charge in [-0.1, -0.05) is 0 Å². The van der Waals surface area contributed by atoms with Crippen LogP contribution in [0.3, 0.4) is 0 Å². The van der Waals surface area contributed by atoms with Crippen molar-refractivity contribution in [1.82, 2.24) is 10.6 Å². The second kappa shape index (κ2) is 4.48. The van der Waals surface area contributed by atoms with E-state index in [0.29, 0.717) is 0 Å². The molecule has 0 aromatic carbocycles. The van der Waals surface area contributed by atoms with Gasteiger partial charge in [0.05, 0.1) is 5.54 Å². The lowest BCUT2D eigenvalue weighted by atomic mass is 9.96. The molecule has 4 nitrogen and oxygen atoms in total. The molecule has 1 rings (SSSR count). The number of carbonyl (C=O) groups excluding carboxylic acids is 1. The summed E-state index contributed by atoms with van der Waals surface area (Å²) >= 11 is 0. The molecule has 7 heteroatoms. The van der Waals surface area contributed by atoms with Gasteiger partial charge in [-0.15, -0.1) is 0 Å². The maximum atomic E-state index is 11.8. The summed E-state index contributed by atoms with van der Waals surface area (Å²) in [6.07, 6.45) is -2.49. The van der Waals surface area contributed by atoms with E-state index in [9.17, 15) is 18.0 Å². The van der Waals surface area contributed by atoms with E-state index in [2.05, 4.69) is 5.32 Å². The zero-order valence-electron chi connectivity index (χ0n) is 9.03. The third-order valence-corrected chi connectivity index (χ3v) is 2.75. The molecule has 0 spiro atoms. The highest BCUT2D eigenvalue weighted by molar-refractivity contribution is 5.74. The lowest BCUT2D eigenvalue weighted by Crippen LogP contribution is -2.56. The van der Waals surface area contributed by atoms with Crippen LogP contribution in [0.2, 0.25) is 0 Å². The van der Waals surface area contributed by atoms with E-state index >= 15 is 0 Å². The third kappa shape index (κ3) is 3.88. The Hall–Kier alpha value is -0.980. The van der Waals surface area contributed by atoms with Crippen LogP contribution in [0.5, 0.6) is 0 Å². The second-order valence-electron chi connectivity index (χ2n) is 4.32. The van der Waals surface area contributed by atoms with E-state index in [1.54, 1.807) is 12.2 Å². The number of hydrogen-bond donors (Lipinski definition) is 3. The minimum atomic E-state index is -4.39. The van der Waals surface area contributed by atoms with Crippen molar-refractivity contribution >= 4 is 6.03 Å². The highest BCUT2D eigenvalue weighted by Gasteiger charge is 2.41. The molecule has 2 amide bonds. The lowest BCUT2D eigenvalue weighted by Gasteiger charge is -2.29. The molecule has 0 saturated heterocycles. The molecule has 1 aliphatic carbocycles. The molecule has 94 valence electrons. The van der Waals surface area contributed by atoms with Gasteiger partial charge in [0, 0.05) is 6.54 Å². The molecule has 1 saturated carbocycles. The molecule has 4 N–H and O–H groups in total. The Kier molecular flexibility index (Phi) is 3.67. The molecule has 0 heterocycles. The summed E-state index contributed by atoms with van der Waals surface area (Å²) in [4.78, 5) is 11.2. The van der Waals surface area contributed by atoms with Gasteiger partial charge in [-0.05, 0) is 25.7 Å². The summed E-state index contributed by atoms with van der Waals surface area (Å²) in [5.74, 6) is 0.272. The standard InChI is InChI=1S/C9H16F3N3O/c1-8(4-13,6-2-3-6)15-7(16)14-5-9(10,11)12/h6H,2-5,13H2,1H3,(H2,14,15,16). The SMILES string of the molecule is CC(CN)(NC(=O)NCC(F)(F)F)C1CC1. The molecule has 1 fully saturated rings. The van der Waals surface area contributed by atoms with E-state index in [-0.39, 0.29) is 12.5 Å². The monoisotopic (exact) mass is 239 g/mol. The van der Waals surface area contributed by atoms with Crippen LogP contribution < -0.4 is 16.4 Å². The lowest BCUT2D eigenvalue weighted by molar-refractivity contribution is -0.122. The van der Waals surface area contributed by atoms with Gasteiger partial charge >= 0.3 is 12.2 Å². The Bertz CT molecular complexity index is 265. The van der Waals surface area contributed by atoms with Gasteiger partial charge in [-0.25, -0.2) is 4.79 Å². The number of rotatable bonds is 4. The Labute approximate surface area is 91.8 Å². The largest absolute Gasteiger partial charge is 0.405 e. The molecule has 0 radical (unpaired) electrons. The Morgan fingerprint density at radius 2 is 2.00 bits per heavy atom. The number of halogens is 3. The number of amides is 2. The fourth-order valence-corrected chi connectivity index (χ4v) is 1.52. The molecule has 1 atom stereocenters. The molecular weight excluding hydrogens is 223 g/mol. The number of nitrogens with two attached hydrogens (primary N) is 1. The highest BCUT2D eigenvalue weighted by Crippen LogP contribution is 2.38. The molecule has 16 heavy (non-hydrogen) atoms. The van der Waals surface area contributed by atoms with Crippen LogP contribution in [0.25, 0.3) is 0 Å². The van der Waals surface area contributed by atoms with Gasteiger partial charge in [0.25, 0.3) is 0 Å². The predicted octanol–water partition coefficient (Wildman–Crippen LogP) is 0.975. The Morgan fingerprint density at radius 1 is 1.44 bits per heavy atom. The normalized spacial score (nSPS) is 20.1. The van der Waals surface area contributed by atoms with Crippen LogP contribution in [0.15, 0.2) is 0 Å².